The average molecular weight is 234 g/mol. The van der Waals surface area contributed by atoms with Crippen molar-refractivity contribution >= 4 is 11.6 Å². The van der Waals surface area contributed by atoms with Gasteiger partial charge in [0.1, 0.15) is 5.75 Å². The van der Waals surface area contributed by atoms with E-state index in [-0.39, 0.29) is 11.8 Å². The fourth-order valence-corrected chi connectivity index (χ4v) is 2.02. The number of carbonyl (C=O) groups is 1. The van der Waals surface area contributed by atoms with Crippen LogP contribution in [0.25, 0.3) is 0 Å². The summed E-state index contributed by atoms with van der Waals surface area (Å²) in [5.41, 5.74) is 1.88. The summed E-state index contributed by atoms with van der Waals surface area (Å²) in [6.07, 6.45) is 0.918. The van der Waals surface area contributed by atoms with Crippen molar-refractivity contribution in [2.75, 3.05) is 25.5 Å². The molecule has 1 heterocycles. The van der Waals surface area contributed by atoms with E-state index in [4.69, 9.17) is 4.74 Å². The average Bonchev–Trinajstić information content (AvgIpc) is 2.85. The largest absolute Gasteiger partial charge is 0.497 e. The van der Waals surface area contributed by atoms with Gasteiger partial charge in [0.25, 0.3) is 0 Å². The zero-order valence-corrected chi connectivity index (χ0v) is 10.2. The predicted molar refractivity (Wildman–Crippen MR) is 67.3 cm³/mol. The van der Waals surface area contributed by atoms with Gasteiger partial charge in [0.05, 0.1) is 13.0 Å². The van der Waals surface area contributed by atoms with Gasteiger partial charge in [0.2, 0.25) is 5.91 Å². The highest BCUT2D eigenvalue weighted by Crippen LogP contribution is 2.22. The minimum Gasteiger partial charge on any atom is -0.497 e. The van der Waals surface area contributed by atoms with Crippen LogP contribution in [0.15, 0.2) is 18.2 Å². The Labute approximate surface area is 101 Å². The van der Waals surface area contributed by atoms with E-state index in [1.807, 2.05) is 25.1 Å². The van der Waals surface area contributed by atoms with Crippen molar-refractivity contribution in [1.29, 1.82) is 0 Å². The van der Waals surface area contributed by atoms with Crippen LogP contribution in [0, 0.1) is 12.8 Å². The van der Waals surface area contributed by atoms with Gasteiger partial charge in [-0.3, -0.25) is 4.79 Å². The van der Waals surface area contributed by atoms with Gasteiger partial charge in [-0.15, -0.1) is 0 Å². The molecule has 1 aliphatic rings. The summed E-state index contributed by atoms with van der Waals surface area (Å²) in [4.78, 5) is 11.9. The molecule has 17 heavy (non-hydrogen) atoms. The Morgan fingerprint density at radius 1 is 1.53 bits per heavy atom. The van der Waals surface area contributed by atoms with E-state index in [9.17, 15) is 4.79 Å². The highest BCUT2D eigenvalue weighted by atomic mass is 16.5. The molecule has 0 aliphatic carbocycles. The summed E-state index contributed by atoms with van der Waals surface area (Å²) in [6.45, 7) is 3.67. The normalized spacial score (nSPS) is 19.1. The Morgan fingerprint density at radius 2 is 2.35 bits per heavy atom. The zero-order chi connectivity index (χ0) is 12.3. The van der Waals surface area contributed by atoms with Crippen LogP contribution in [0.2, 0.25) is 0 Å². The molecule has 0 radical (unpaired) electrons. The molecule has 2 N–H and O–H groups in total. The van der Waals surface area contributed by atoms with Crippen molar-refractivity contribution in [3.05, 3.63) is 23.8 Å². The Balaban J connectivity index is 2.05. The monoisotopic (exact) mass is 234 g/mol. The number of carbonyl (C=O) groups excluding carboxylic acids is 1. The van der Waals surface area contributed by atoms with Crippen molar-refractivity contribution < 1.29 is 9.53 Å². The maximum absolute atomic E-state index is 11.9. The first-order chi connectivity index (χ1) is 8.20. The van der Waals surface area contributed by atoms with Gasteiger partial charge in [0.15, 0.2) is 0 Å². The SMILES string of the molecule is COc1ccc(NC(=O)C2CCNC2)c(C)c1. The van der Waals surface area contributed by atoms with E-state index in [0.717, 1.165) is 36.5 Å². The van der Waals surface area contributed by atoms with Crippen LogP contribution in [0.5, 0.6) is 5.75 Å². The highest BCUT2D eigenvalue weighted by molar-refractivity contribution is 5.93. The third-order valence-electron chi connectivity index (χ3n) is 3.12. The van der Waals surface area contributed by atoms with Gasteiger partial charge in [-0.1, -0.05) is 0 Å². The molecular weight excluding hydrogens is 216 g/mol. The number of anilines is 1. The molecule has 1 unspecified atom stereocenters. The van der Waals surface area contributed by atoms with Crippen LogP contribution < -0.4 is 15.4 Å². The Morgan fingerprint density at radius 3 is 2.94 bits per heavy atom. The number of methoxy groups -OCH3 is 1. The lowest BCUT2D eigenvalue weighted by Gasteiger charge is -2.12. The lowest BCUT2D eigenvalue weighted by Crippen LogP contribution is -2.24. The summed E-state index contributed by atoms with van der Waals surface area (Å²) < 4.78 is 5.13. The molecular formula is C13H18N2O2. The maximum atomic E-state index is 11.9. The first-order valence-electron chi connectivity index (χ1n) is 5.87. The van der Waals surface area contributed by atoms with E-state index in [1.165, 1.54) is 0 Å². The summed E-state index contributed by atoms with van der Waals surface area (Å²) >= 11 is 0. The van der Waals surface area contributed by atoms with Crippen LogP contribution in [-0.2, 0) is 4.79 Å². The minimum atomic E-state index is 0.0940. The summed E-state index contributed by atoms with van der Waals surface area (Å²) in [5.74, 6) is 1.00. The molecule has 1 atom stereocenters. The third kappa shape index (κ3) is 2.77. The maximum Gasteiger partial charge on any atom is 0.228 e. The number of aryl methyl sites for hydroxylation is 1. The molecule has 1 aromatic carbocycles. The first-order valence-corrected chi connectivity index (χ1v) is 5.87. The number of ether oxygens (including phenoxy) is 1. The fourth-order valence-electron chi connectivity index (χ4n) is 2.02. The minimum absolute atomic E-state index is 0.0940. The molecule has 0 aromatic heterocycles. The van der Waals surface area contributed by atoms with E-state index in [2.05, 4.69) is 10.6 Å². The highest BCUT2D eigenvalue weighted by Gasteiger charge is 2.22. The van der Waals surface area contributed by atoms with Gasteiger partial charge in [-0.05, 0) is 43.7 Å². The number of benzene rings is 1. The van der Waals surface area contributed by atoms with Crippen molar-refractivity contribution in [3.63, 3.8) is 0 Å². The lowest BCUT2D eigenvalue weighted by atomic mass is 10.1. The van der Waals surface area contributed by atoms with E-state index < -0.39 is 0 Å². The Hall–Kier alpha value is -1.55. The number of amides is 1. The van der Waals surface area contributed by atoms with Crippen molar-refractivity contribution in [3.8, 4) is 5.75 Å². The molecule has 1 saturated heterocycles. The van der Waals surface area contributed by atoms with Crippen molar-refractivity contribution in [2.45, 2.75) is 13.3 Å². The van der Waals surface area contributed by atoms with Crippen molar-refractivity contribution in [2.24, 2.45) is 5.92 Å². The molecule has 4 nitrogen and oxygen atoms in total. The summed E-state index contributed by atoms with van der Waals surface area (Å²) in [5, 5.41) is 6.16. The predicted octanol–water partition coefficient (Wildman–Crippen LogP) is 1.55. The topological polar surface area (TPSA) is 50.4 Å². The Bertz CT molecular complexity index is 412. The van der Waals surface area contributed by atoms with Crippen LogP contribution in [0.1, 0.15) is 12.0 Å². The number of hydrogen-bond acceptors (Lipinski definition) is 3. The van der Waals surface area contributed by atoms with Gasteiger partial charge < -0.3 is 15.4 Å². The molecule has 0 saturated carbocycles. The van der Waals surface area contributed by atoms with Gasteiger partial charge in [0, 0.05) is 12.2 Å². The van der Waals surface area contributed by atoms with E-state index in [1.54, 1.807) is 7.11 Å². The smallest absolute Gasteiger partial charge is 0.228 e. The lowest BCUT2D eigenvalue weighted by molar-refractivity contribution is -0.119. The molecule has 1 fully saturated rings. The van der Waals surface area contributed by atoms with Crippen LogP contribution in [-0.4, -0.2) is 26.1 Å². The molecule has 1 aliphatic heterocycles. The molecule has 4 heteroatoms. The van der Waals surface area contributed by atoms with E-state index in [0.29, 0.717) is 0 Å². The van der Waals surface area contributed by atoms with Crippen molar-refractivity contribution in [1.82, 2.24) is 5.32 Å². The van der Waals surface area contributed by atoms with Crippen LogP contribution >= 0.6 is 0 Å². The van der Waals surface area contributed by atoms with E-state index >= 15 is 0 Å². The van der Waals surface area contributed by atoms with Gasteiger partial charge in [-0.2, -0.15) is 0 Å². The molecule has 1 amide bonds. The Kier molecular flexibility index (Phi) is 3.64. The summed E-state index contributed by atoms with van der Waals surface area (Å²) in [7, 11) is 1.64. The fraction of sp³-hybridized carbons (Fsp3) is 0.462. The second kappa shape index (κ2) is 5.19. The molecule has 92 valence electrons. The second-order valence-electron chi connectivity index (χ2n) is 4.36. The van der Waals surface area contributed by atoms with Gasteiger partial charge >= 0.3 is 0 Å². The molecule has 2 rings (SSSR count). The molecule has 0 spiro atoms. The number of hydrogen-bond donors (Lipinski definition) is 2. The first kappa shape index (κ1) is 11.9. The zero-order valence-electron chi connectivity index (χ0n) is 10.2. The molecule has 1 aromatic rings. The third-order valence-corrected chi connectivity index (χ3v) is 3.12. The molecule has 0 bridgehead atoms. The second-order valence-corrected chi connectivity index (χ2v) is 4.36. The van der Waals surface area contributed by atoms with Crippen LogP contribution in [0.4, 0.5) is 5.69 Å². The summed E-state index contributed by atoms with van der Waals surface area (Å²) in [6, 6.07) is 5.66. The quantitative estimate of drug-likeness (QED) is 0.834. The van der Waals surface area contributed by atoms with Gasteiger partial charge in [-0.25, -0.2) is 0 Å². The number of rotatable bonds is 3. The van der Waals surface area contributed by atoms with Crippen LogP contribution in [0.3, 0.4) is 0 Å². The standard InChI is InChI=1S/C13H18N2O2/c1-9-7-11(17-2)3-4-12(9)15-13(16)10-5-6-14-8-10/h3-4,7,10,14H,5-6,8H2,1-2H3,(H,15,16). The number of nitrogens with one attached hydrogen (secondary N) is 2.